The topological polar surface area (TPSA) is 37.3 Å². The van der Waals surface area contributed by atoms with E-state index in [2.05, 4.69) is 13.8 Å². The van der Waals surface area contributed by atoms with Gasteiger partial charge < -0.3 is 5.11 Å². The molecule has 1 atom stereocenters. The number of rotatable bonds is 4. The zero-order valence-corrected chi connectivity index (χ0v) is 10.8. The fourth-order valence-electron chi connectivity index (χ4n) is 2.28. The van der Waals surface area contributed by atoms with E-state index in [1.807, 2.05) is 42.5 Å². The molecular formula is C16H18O2. The standard InChI is InChI=1S/C16H18O2/c1-11(2)9-15(16(17)18)14-8-7-12-5-3-4-6-13(12)10-14/h3-8,10-11,15H,9H2,1-2H3,(H,17,18). The minimum absolute atomic E-state index is 0.373. The van der Waals surface area contributed by atoms with Crippen LogP contribution in [0, 0.1) is 5.92 Å². The van der Waals surface area contributed by atoms with Crippen molar-refractivity contribution in [1.29, 1.82) is 0 Å². The molecule has 0 radical (unpaired) electrons. The maximum atomic E-state index is 11.4. The smallest absolute Gasteiger partial charge is 0.310 e. The lowest BCUT2D eigenvalue weighted by molar-refractivity contribution is -0.139. The average molecular weight is 242 g/mol. The summed E-state index contributed by atoms with van der Waals surface area (Å²) in [7, 11) is 0. The molecule has 94 valence electrons. The van der Waals surface area contributed by atoms with Gasteiger partial charge in [0.15, 0.2) is 0 Å². The Kier molecular flexibility index (Phi) is 3.66. The fourth-order valence-corrected chi connectivity index (χ4v) is 2.28. The van der Waals surface area contributed by atoms with E-state index < -0.39 is 11.9 Å². The molecule has 1 N–H and O–H groups in total. The lowest BCUT2D eigenvalue weighted by atomic mass is 9.89. The second-order valence-electron chi connectivity index (χ2n) is 5.13. The SMILES string of the molecule is CC(C)CC(C(=O)O)c1ccc2ccccc2c1. The lowest BCUT2D eigenvalue weighted by Crippen LogP contribution is -2.13. The van der Waals surface area contributed by atoms with E-state index in [-0.39, 0.29) is 0 Å². The van der Waals surface area contributed by atoms with Gasteiger partial charge in [0.05, 0.1) is 5.92 Å². The van der Waals surface area contributed by atoms with E-state index in [0.717, 1.165) is 16.3 Å². The van der Waals surface area contributed by atoms with Crippen LogP contribution in [0.1, 0.15) is 31.7 Å². The highest BCUT2D eigenvalue weighted by atomic mass is 16.4. The van der Waals surface area contributed by atoms with Gasteiger partial charge in [0.2, 0.25) is 0 Å². The molecule has 0 saturated heterocycles. The predicted octanol–water partition coefficient (Wildman–Crippen LogP) is 4.05. The first-order valence-corrected chi connectivity index (χ1v) is 6.29. The number of carbonyl (C=O) groups is 1. The van der Waals surface area contributed by atoms with Crippen LogP contribution in [0.4, 0.5) is 0 Å². The van der Waals surface area contributed by atoms with Crippen molar-refractivity contribution in [2.24, 2.45) is 5.92 Å². The fraction of sp³-hybridized carbons (Fsp3) is 0.312. The lowest BCUT2D eigenvalue weighted by Gasteiger charge is -2.15. The van der Waals surface area contributed by atoms with E-state index in [9.17, 15) is 9.90 Å². The van der Waals surface area contributed by atoms with Crippen LogP contribution in [0.2, 0.25) is 0 Å². The summed E-state index contributed by atoms with van der Waals surface area (Å²) in [5, 5.41) is 11.6. The summed E-state index contributed by atoms with van der Waals surface area (Å²) in [5.74, 6) is -0.772. The Bertz CT molecular complexity index is 558. The molecule has 0 aromatic heterocycles. The van der Waals surface area contributed by atoms with Crippen molar-refractivity contribution in [2.45, 2.75) is 26.2 Å². The predicted molar refractivity (Wildman–Crippen MR) is 73.8 cm³/mol. The molecule has 0 amide bonds. The Balaban J connectivity index is 2.41. The van der Waals surface area contributed by atoms with Gasteiger partial charge in [0.1, 0.15) is 0 Å². The number of fused-ring (bicyclic) bond motifs is 1. The van der Waals surface area contributed by atoms with Crippen LogP contribution < -0.4 is 0 Å². The second-order valence-corrected chi connectivity index (χ2v) is 5.13. The van der Waals surface area contributed by atoms with Gasteiger partial charge >= 0.3 is 5.97 Å². The van der Waals surface area contributed by atoms with E-state index in [0.29, 0.717) is 12.3 Å². The zero-order chi connectivity index (χ0) is 13.1. The van der Waals surface area contributed by atoms with Gasteiger partial charge in [-0.2, -0.15) is 0 Å². The molecule has 0 aliphatic heterocycles. The van der Waals surface area contributed by atoms with Crippen LogP contribution in [0.25, 0.3) is 10.8 Å². The first-order valence-electron chi connectivity index (χ1n) is 6.29. The Hall–Kier alpha value is -1.83. The van der Waals surface area contributed by atoms with E-state index >= 15 is 0 Å². The van der Waals surface area contributed by atoms with Gasteiger partial charge in [0, 0.05) is 0 Å². The Morgan fingerprint density at radius 1 is 1.11 bits per heavy atom. The maximum Gasteiger partial charge on any atom is 0.310 e. The maximum absolute atomic E-state index is 11.4. The third-order valence-electron chi connectivity index (χ3n) is 3.18. The molecule has 0 saturated carbocycles. The first-order chi connectivity index (χ1) is 8.58. The van der Waals surface area contributed by atoms with Gasteiger partial charge in [-0.15, -0.1) is 0 Å². The van der Waals surface area contributed by atoms with E-state index in [1.165, 1.54) is 0 Å². The van der Waals surface area contributed by atoms with Gasteiger partial charge in [0.25, 0.3) is 0 Å². The number of hydrogen-bond donors (Lipinski definition) is 1. The molecule has 2 nitrogen and oxygen atoms in total. The summed E-state index contributed by atoms with van der Waals surface area (Å²) < 4.78 is 0. The third kappa shape index (κ3) is 2.70. The number of hydrogen-bond acceptors (Lipinski definition) is 1. The average Bonchev–Trinajstić information content (AvgIpc) is 2.35. The van der Waals surface area contributed by atoms with Crippen molar-refractivity contribution in [1.82, 2.24) is 0 Å². The molecule has 2 aromatic rings. The molecule has 2 aromatic carbocycles. The molecule has 0 heterocycles. The number of aliphatic carboxylic acids is 1. The molecule has 0 fully saturated rings. The second kappa shape index (κ2) is 5.21. The Morgan fingerprint density at radius 3 is 2.39 bits per heavy atom. The highest BCUT2D eigenvalue weighted by Gasteiger charge is 2.21. The van der Waals surface area contributed by atoms with Gasteiger partial charge in [-0.25, -0.2) is 0 Å². The van der Waals surface area contributed by atoms with Crippen molar-refractivity contribution in [2.75, 3.05) is 0 Å². The van der Waals surface area contributed by atoms with Gasteiger partial charge in [-0.1, -0.05) is 56.3 Å². The quantitative estimate of drug-likeness (QED) is 0.878. The molecular weight excluding hydrogens is 224 g/mol. The van der Waals surface area contributed by atoms with Crippen molar-refractivity contribution in [3.63, 3.8) is 0 Å². The molecule has 2 heteroatoms. The Labute approximate surface area is 107 Å². The minimum Gasteiger partial charge on any atom is -0.481 e. The normalized spacial score (nSPS) is 12.8. The molecule has 1 unspecified atom stereocenters. The van der Waals surface area contributed by atoms with Gasteiger partial charge in [-0.05, 0) is 28.7 Å². The molecule has 0 aliphatic rings. The summed E-state index contributed by atoms with van der Waals surface area (Å²) in [5.41, 5.74) is 0.898. The first kappa shape index (κ1) is 12.6. The highest BCUT2D eigenvalue weighted by Crippen LogP contribution is 2.27. The molecule has 2 rings (SSSR count). The van der Waals surface area contributed by atoms with E-state index in [1.54, 1.807) is 0 Å². The van der Waals surface area contributed by atoms with Crippen LogP contribution in [0.15, 0.2) is 42.5 Å². The van der Waals surface area contributed by atoms with Crippen molar-refractivity contribution in [3.05, 3.63) is 48.0 Å². The highest BCUT2D eigenvalue weighted by molar-refractivity contribution is 5.85. The number of carboxylic acids is 1. The third-order valence-corrected chi connectivity index (χ3v) is 3.18. The van der Waals surface area contributed by atoms with Crippen LogP contribution in [-0.4, -0.2) is 11.1 Å². The molecule has 0 aliphatic carbocycles. The van der Waals surface area contributed by atoms with E-state index in [4.69, 9.17) is 0 Å². The summed E-state index contributed by atoms with van der Waals surface area (Å²) in [6.45, 7) is 4.11. The molecule has 18 heavy (non-hydrogen) atoms. The zero-order valence-electron chi connectivity index (χ0n) is 10.8. The van der Waals surface area contributed by atoms with Crippen molar-refractivity contribution < 1.29 is 9.90 Å². The minimum atomic E-state index is -0.737. The Morgan fingerprint density at radius 2 is 1.78 bits per heavy atom. The largest absolute Gasteiger partial charge is 0.481 e. The number of carboxylic acid groups (broad SMARTS) is 1. The van der Waals surface area contributed by atoms with Crippen LogP contribution in [0.5, 0.6) is 0 Å². The summed E-state index contributed by atoms with van der Waals surface area (Å²) >= 11 is 0. The van der Waals surface area contributed by atoms with Crippen LogP contribution >= 0.6 is 0 Å². The van der Waals surface area contributed by atoms with Gasteiger partial charge in [-0.3, -0.25) is 4.79 Å². The van der Waals surface area contributed by atoms with Crippen LogP contribution in [0.3, 0.4) is 0 Å². The summed E-state index contributed by atoms with van der Waals surface area (Å²) in [6.07, 6.45) is 0.674. The van der Waals surface area contributed by atoms with Crippen molar-refractivity contribution >= 4 is 16.7 Å². The van der Waals surface area contributed by atoms with Crippen LogP contribution in [-0.2, 0) is 4.79 Å². The molecule has 0 spiro atoms. The summed E-state index contributed by atoms with van der Waals surface area (Å²) in [4.78, 5) is 11.4. The number of benzene rings is 2. The summed E-state index contributed by atoms with van der Waals surface area (Å²) in [6, 6.07) is 14.0. The molecule has 0 bridgehead atoms. The monoisotopic (exact) mass is 242 g/mol. The van der Waals surface area contributed by atoms with Crippen molar-refractivity contribution in [3.8, 4) is 0 Å².